The van der Waals surface area contributed by atoms with E-state index in [1.54, 1.807) is 0 Å². The lowest BCUT2D eigenvalue weighted by Gasteiger charge is -2.21. The molecule has 0 aromatic heterocycles. The Kier molecular flexibility index (Phi) is 12.6. The Morgan fingerprint density at radius 3 is 1.45 bits per heavy atom. The molecule has 0 radical (unpaired) electrons. The van der Waals surface area contributed by atoms with Crippen LogP contribution in [0.5, 0.6) is 0 Å². The second-order valence-electron chi connectivity index (χ2n) is 6.91. The van der Waals surface area contributed by atoms with Gasteiger partial charge < -0.3 is 9.05 Å². The molecule has 0 spiro atoms. The van der Waals surface area contributed by atoms with Gasteiger partial charge in [-0.2, -0.15) is 0 Å². The maximum Gasteiger partial charge on any atom is 0.330 e. The van der Waals surface area contributed by atoms with E-state index in [1.807, 2.05) is 0 Å². The highest BCUT2D eigenvalue weighted by atomic mass is 31.2. The molecular weight excluding hydrogens is 295 g/mol. The summed E-state index contributed by atoms with van der Waals surface area (Å²) in [6, 6.07) is 0. The van der Waals surface area contributed by atoms with Crippen LogP contribution in [0.4, 0.5) is 0 Å². The quantitative estimate of drug-likeness (QED) is 0.339. The molecule has 0 aliphatic carbocycles. The monoisotopic (exact) mass is 334 g/mol. The van der Waals surface area contributed by atoms with E-state index < -0.39 is 7.60 Å². The van der Waals surface area contributed by atoms with Crippen molar-refractivity contribution in [3.63, 3.8) is 0 Å². The van der Waals surface area contributed by atoms with Gasteiger partial charge in [0, 0.05) is 0 Å². The Hall–Kier alpha value is 0.150. The molecule has 0 amide bonds. The van der Waals surface area contributed by atoms with Gasteiger partial charge in [0.1, 0.15) is 0 Å². The molecule has 0 fully saturated rings. The lowest BCUT2D eigenvalue weighted by molar-refractivity contribution is 0.184. The van der Waals surface area contributed by atoms with Gasteiger partial charge in [-0.25, -0.2) is 0 Å². The highest BCUT2D eigenvalue weighted by Gasteiger charge is 2.25. The molecule has 0 saturated heterocycles. The minimum atomic E-state index is -2.92. The molecule has 0 aliphatic rings. The molecule has 0 rings (SSSR count). The zero-order valence-electron chi connectivity index (χ0n) is 15.8. The third-order valence-electron chi connectivity index (χ3n) is 4.78. The van der Waals surface area contributed by atoms with E-state index in [0.29, 0.717) is 37.1 Å². The van der Waals surface area contributed by atoms with E-state index >= 15 is 0 Å². The summed E-state index contributed by atoms with van der Waals surface area (Å²) >= 11 is 0. The Bertz CT molecular complexity index is 287. The van der Waals surface area contributed by atoms with Crippen molar-refractivity contribution in [3.8, 4) is 0 Å². The fraction of sp³-hybridized carbons (Fsp3) is 1.00. The van der Waals surface area contributed by atoms with Crippen LogP contribution in [0.2, 0.25) is 0 Å². The van der Waals surface area contributed by atoms with E-state index in [4.69, 9.17) is 9.05 Å². The molecular formula is C18H39O3P. The standard InChI is InChI=1S/C18H39O3P/c1-7-16(4)10-13-20-22(19,15-12-18(6)9-3)21-14-11-17(5)8-2/h16-18H,7-15H2,1-6H3. The Morgan fingerprint density at radius 1 is 0.727 bits per heavy atom. The van der Waals surface area contributed by atoms with Gasteiger partial charge in [-0.3, -0.25) is 4.57 Å². The van der Waals surface area contributed by atoms with Crippen molar-refractivity contribution in [2.75, 3.05) is 19.4 Å². The van der Waals surface area contributed by atoms with Crippen molar-refractivity contribution in [1.82, 2.24) is 0 Å². The molecule has 3 atom stereocenters. The summed E-state index contributed by atoms with van der Waals surface area (Å²) in [6.07, 6.45) is 6.77. The van der Waals surface area contributed by atoms with Crippen LogP contribution in [0, 0.1) is 17.8 Å². The SMILES string of the molecule is CCC(C)CCOP(=O)(CCC(C)CC)OCCC(C)CC. The Balaban J connectivity index is 4.37. The zero-order valence-corrected chi connectivity index (χ0v) is 16.7. The van der Waals surface area contributed by atoms with Crippen LogP contribution in [0.15, 0.2) is 0 Å². The van der Waals surface area contributed by atoms with Crippen molar-refractivity contribution in [1.29, 1.82) is 0 Å². The van der Waals surface area contributed by atoms with Gasteiger partial charge in [0.2, 0.25) is 0 Å². The van der Waals surface area contributed by atoms with E-state index in [2.05, 4.69) is 41.5 Å². The molecule has 3 unspecified atom stereocenters. The third-order valence-corrected chi connectivity index (χ3v) is 6.74. The van der Waals surface area contributed by atoms with Crippen LogP contribution < -0.4 is 0 Å². The number of hydrogen-bond acceptors (Lipinski definition) is 3. The minimum absolute atomic E-state index is 0.552. The number of hydrogen-bond donors (Lipinski definition) is 0. The smallest absolute Gasteiger partial charge is 0.309 e. The zero-order chi connectivity index (χ0) is 17.0. The summed E-state index contributed by atoms with van der Waals surface area (Å²) < 4.78 is 24.4. The van der Waals surface area contributed by atoms with Crippen LogP contribution >= 0.6 is 7.60 Å². The highest BCUT2D eigenvalue weighted by molar-refractivity contribution is 7.53. The Morgan fingerprint density at radius 2 is 1.09 bits per heavy atom. The van der Waals surface area contributed by atoms with Crippen molar-refractivity contribution < 1.29 is 13.6 Å². The maximum absolute atomic E-state index is 12.9. The van der Waals surface area contributed by atoms with Crippen LogP contribution in [0.1, 0.15) is 80.1 Å². The van der Waals surface area contributed by atoms with Gasteiger partial charge in [0.15, 0.2) is 0 Å². The van der Waals surface area contributed by atoms with Crippen molar-refractivity contribution >= 4 is 7.60 Å². The van der Waals surface area contributed by atoms with Crippen molar-refractivity contribution in [2.45, 2.75) is 80.1 Å². The second-order valence-corrected chi connectivity index (χ2v) is 9.09. The van der Waals surface area contributed by atoms with E-state index in [9.17, 15) is 4.57 Å². The lowest BCUT2D eigenvalue weighted by atomic mass is 10.1. The summed E-state index contributed by atoms with van der Waals surface area (Å²) in [5.74, 6) is 1.80. The highest BCUT2D eigenvalue weighted by Crippen LogP contribution is 2.50. The van der Waals surface area contributed by atoms with E-state index in [1.165, 1.54) is 0 Å². The molecule has 22 heavy (non-hydrogen) atoms. The largest absolute Gasteiger partial charge is 0.330 e. The molecule has 4 heteroatoms. The lowest BCUT2D eigenvalue weighted by Crippen LogP contribution is -2.08. The molecule has 0 aromatic carbocycles. The summed E-state index contributed by atoms with van der Waals surface area (Å²) in [5.41, 5.74) is 0. The van der Waals surface area contributed by atoms with Gasteiger partial charge in [0.05, 0.1) is 19.4 Å². The molecule has 0 aromatic rings. The van der Waals surface area contributed by atoms with Crippen molar-refractivity contribution in [3.05, 3.63) is 0 Å². The maximum atomic E-state index is 12.9. The first-order valence-corrected chi connectivity index (χ1v) is 11.0. The summed E-state index contributed by atoms with van der Waals surface area (Å²) in [7, 11) is -2.92. The fourth-order valence-corrected chi connectivity index (χ4v) is 3.80. The molecule has 0 N–H and O–H groups in total. The first-order valence-electron chi connectivity index (χ1n) is 9.24. The predicted octanol–water partition coefficient (Wildman–Crippen LogP) is 6.52. The molecule has 0 heterocycles. The van der Waals surface area contributed by atoms with Gasteiger partial charge >= 0.3 is 7.60 Å². The average molecular weight is 334 g/mol. The third kappa shape index (κ3) is 10.8. The first kappa shape index (κ1) is 22.1. The fourth-order valence-electron chi connectivity index (χ4n) is 1.94. The van der Waals surface area contributed by atoms with Crippen LogP contribution in [-0.2, 0) is 13.6 Å². The molecule has 0 bridgehead atoms. The van der Waals surface area contributed by atoms with Gasteiger partial charge in [-0.05, 0) is 37.0 Å². The Labute approximate surface area is 139 Å². The molecule has 134 valence electrons. The topological polar surface area (TPSA) is 35.5 Å². The summed E-state index contributed by atoms with van der Waals surface area (Å²) in [4.78, 5) is 0. The van der Waals surface area contributed by atoms with Crippen molar-refractivity contribution in [2.24, 2.45) is 17.8 Å². The first-order chi connectivity index (χ1) is 10.4. The van der Waals surface area contributed by atoms with Gasteiger partial charge in [-0.15, -0.1) is 0 Å². The van der Waals surface area contributed by atoms with Crippen LogP contribution in [0.3, 0.4) is 0 Å². The molecule has 0 aliphatic heterocycles. The average Bonchev–Trinajstić information content (AvgIpc) is 2.52. The van der Waals surface area contributed by atoms with E-state index in [-0.39, 0.29) is 0 Å². The summed E-state index contributed by atoms with van der Waals surface area (Å²) in [6.45, 7) is 14.2. The predicted molar refractivity (Wildman–Crippen MR) is 96.6 cm³/mol. The van der Waals surface area contributed by atoms with Gasteiger partial charge in [0.25, 0.3) is 0 Å². The van der Waals surface area contributed by atoms with Crippen LogP contribution in [0.25, 0.3) is 0 Å². The summed E-state index contributed by atoms with van der Waals surface area (Å²) in [5, 5.41) is 0. The normalized spacial score (nSPS) is 18.6. The van der Waals surface area contributed by atoms with E-state index in [0.717, 1.165) is 38.5 Å². The minimum Gasteiger partial charge on any atom is -0.309 e. The number of rotatable bonds is 14. The second kappa shape index (κ2) is 12.6. The molecule has 0 saturated carbocycles. The molecule has 3 nitrogen and oxygen atoms in total. The van der Waals surface area contributed by atoms with Crippen LogP contribution in [-0.4, -0.2) is 19.4 Å². The van der Waals surface area contributed by atoms with Gasteiger partial charge in [-0.1, -0.05) is 60.8 Å².